The van der Waals surface area contributed by atoms with Gasteiger partial charge in [-0.05, 0) is 55.5 Å². The molecule has 9 heteroatoms. The van der Waals surface area contributed by atoms with Gasteiger partial charge in [0.2, 0.25) is 0 Å². The summed E-state index contributed by atoms with van der Waals surface area (Å²) < 4.78 is 24.7. The van der Waals surface area contributed by atoms with Crippen LogP contribution in [0.25, 0.3) is 5.65 Å². The molecule has 7 nitrogen and oxygen atoms in total. The van der Waals surface area contributed by atoms with Crippen molar-refractivity contribution in [2.75, 3.05) is 11.9 Å². The van der Waals surface area contributed by atoms with E-state index >= 15 is 0 Å². The third-order valence-corrected chi connectivity index (χ3v) is 5.28. The molecular formula is C22H18FN3O4S. The Hall–Kier alpha value is -3.59. The number of thioether (sulfide) groups is 1. The highest BCUT2D eigenvalue weighted by atomic mass is 32.2. The van der Waals surface area contributed by atoms with Crippen LogP contribution in [0.4, 0.5) is 10.1 Å². The van der Waals surface area contributed by atoms with E-state index in [4.69, 9.17) is 9.26 Å². The number of aryl methyl sites for hydroxylation is 1. The molecule has 0 aliphatic rings. The number of hydrogen-bond acceptors (Lipinski definition) is 6. The molecule has 0 fully saturated rings. The summed E-state index contributed by atoms with van der Waals surface area (Å²) in [7, 11) is 0. The topological polar surface area (TPSA) is 85.8 Å². The van der Waals surface area contributed by atoms with Crippen molar-refractivity contribution in [3.8, 4) is 5.75 Å². The number of aromatic nitrogens is 2. The van der Waals surface area contributed by atoms with Gasteiger partial charge in [0.25, 0.3) is 11.5 Å². The first-order chi connectivity index (χ1) is 15.0. The van der Waals surface area contributed by atoms with Crippen LogP contribution in [0.5, 0.6) is 5.75 Å². The molecule has 4 aromatic rings. The van der Waals surface area contributed by atoms with Gasteiger partial charge < -0.3 is 14.6 Å². The Morgan fingerprint density at radius 1 is 1.16 bits per heavy atom. The summed E-state index contributed by atoms with van der Waals surface area (Å²) in [5.74, 6) is 0.872. The summed E-state index contributed by atoms with van der Waals surface area (Å²) in [6, 6.07) is 15.9. The van der Waals surface area contributed by atoms with Crippen LogP contribution in [0.3, 0.4) is 0 Å². The molecule has 0 atom stereocenters. The summed E-state index contributed by atoms with van der Waals surface area (Å²) in [5.41, 5.74) is 1.52. The number of fused-ring (bicyclic) bond motifs is 1. The second-order valence-corrected chi connectivity index (χ2v) is 7.74. The second kappa shape index (κ2) is 9.05. The molecule has 1 amide bonds. The maximum Gasteiger partial charge on any atom is 0.287 e. The zero-order chi connectivity index (χ0) is 21.8. The van der Waals surface area contributed by atoms with Crippen LogP contribution in [0.1, 0.15) is 11.5 Å². The van der Waals surface area contributed by atoms with E-state index in [1.165, 1.54) is 46.7 Å². The third kappa shape index (κ3) is 5.32. The van der Waals surface area contributed by atoms with Gasteiger partial charge in [0.05, 0.1) is 5.69 Å². The fourth-order valence-electron chi connectivity index (χ4n) is 2.82. The largest absolute Gasteiger partial charge is 0.484 e. The first kappa shape index (κ1) is 20.7. The van der Waals surface area contributed by atoms with Gasteiger partial charge in [-0.3, -0.25) is 9.59 Å². The number of hydrogen-bond donors (Lipinski definition) is 1. The maximum atomic E-state index is 12.9. The standard InChI is InChI=1S/C22H18FN3O4S/c1-14-10-20-24-17(11-22(28)26(20)30-14)13-31-19-8-4-16(5-9-19)25-21(27)12-29-18-6-2-15(23)3-7-18/h2-11H,12-13H2,1H3,(H,25,27). The lowest BCUT2D eigenvalue weighted by atomic mass is 10.3. The summed E-state index contributed by atoms with van der Waals surface area (Å²) in [5, 5.41) is 2.74. The quantitative estimate of drug-likeness (QED) is 0.438. The lowest BCUT2D eigenvalue weighted by Crippen LogP contribution is -2.20. The van der Waals surface area contributed by atoms with E-state index in [1.54, 1.807) is 25.1 Å². The van der Waals surface area contributed by atoms with E-state index in [-0.39, 0.29) is 23.9 Å². The lowest BCUT2D eigenvalue weighted by molar-refractivity contribution is -0.118. The van der Waals surface area contributed by atoms with Crippen LogP contribution in [0, 0.1) is 12.7 Å². The molecule has 0 unspecified atom stereocenters. The number of carbonyl (C=O) groups is 1. The number of nitrogens with zero attached hydrogens (tertiary/aromatic N) is 2. The molecule has 0 saturated heterocycles. The monoisotopic (exact) mass is 439 g/mol. The van der Waals surface area contributed by atoms with Gasteiger partial charge in [0, 0.05) is 28.5 Å². The number of nitrogens with one attached hydrogen (secondary N) is 1. The Bertz CT molecular complexity index is 1270. The molecule has 0 spiro atoms. The summed E-state index contributed by atoms with van der Waals surface area (Å²) >= 11 is 1.52. The van der Waals surface area contributed by atoms with Gasteiger partial charge in [-0.25, -0.2) is 9.37 Å². The second-order valence-electron chi connectivity index (χ2n) is 6.69. The Kier molecular flexibility index (Phi) is 6.03. The zero-order valence-corrected chi connectivity index (χ0v) is 17.3. The van der Waals surface area contributed by atoms with Crippen LogP contribution in [-0.2, 0) is 10.5 Å². The minimum Gasteiger partial charge on any atom is -0.484 e. The Balaban J connectivity index is 1.30. The molecule has 0 radical (unpaired) electrons. The molecule has 4 rings (SSSR count). The van der Waals surface area contributed by atoms with Gasteiger partial charge in [0.1, 0.15) is 17.3 Å². The van der Waals surface area contributed by atoms with E-state index in [9.17, 15) is 14.0 Å². The number of ether oxygens (including phenoxy) is 1. The van der Waals surface area contributed by atoms with E-state index in [0.29, 0.717) is 34.3 Å². The van der Waals surface area contributed by atoms with Gasteiger partial charge in [-0.1, -0.05) is 0 Å². The third-order valence-electron chi connectivity index (χ3n) is 4.23. The number of halogens is 1. The zero-order valence-electron chi connectivity index (χ0n) is 16.5. The van der Waals surface area contributed by atoms with Crippen LogP contribution >= 0.6 is 11.8 Å². The number of carbonyl (C=O) groups excluding carboxylic acids is 1. The van der Waals surface area contributed by atoms with Crippen molar-refractivity contribution in [2.45, 2.75) is 17.6 Å². The predicted molar refractivity (Wildman–Crippen MR) is 115 cm³/mol. The van der Waals surface area contributed by atoms with Gasteiger partial charge >= 0.3 is 0 Å². The van der Waals surface area contributed by atoms with E-state index in [2.05, 4.69) is 10.3 Å². The van der Waals surface area contributed by atoms with Crippen molar-refractivity contribution in [1.82, 2.24) is 9.56 Å². The fourth-order valence-corrected chi connectivity index (χ4v) is 3.61. The highest BCUT2D eigenvalue weighted by Crippen LogP contribution is 2.23. The van der Waals surface area contributed by atoms with Crippen LogP contribution in [-0.4, -0.2) is 22.1 Å². The lowest BCUT2D eigenvalue weighted by Gasteiger charge is -2.08. The number of anilines is 1. The molecule has 31 heavy (non-hydrogen) atoms. The van der Waals surface area contributed by atoms with Crippen molar-refractivity contribution in [1.29, 1.82) is 0 Å². The van der Waals surface area contributed by atoms with E-state index < -0.39 is 0 Å². The number of rotatable bonds is 7. The average Bonchev–Trinajstić information content (AvgIpc) is 3.14. The van der Waals surface area contributed by atoms with Crippen molar-refractivity contribution < 1.29 is 18.4 Å². The molecule has 2 aromatic carbocycles. The van der Waals surface area contributed by atoms with E-state index in [1.807, 2.05) is 12.1 Å². The minimum absolute atomic E-state index is 0.181. The minimum atomic E-state index is -0.366. The average molecular weight is 439 g/mol. The van der Waals surface area contributed by atoms with Crippen molar-refractivity contribution >= 4 is 29.0 Å². The Labute approximate surface area is 180 Å². The molecule has 0 saturated carbocycles. The molecule has 0 bridgehead atoms. The summed E-state index contributed by atoms with van der Waals surface area (Å²) in [6.07, 6.45) is 0. The molecular weight excluding hydrogens is 421 g/mol. The van der Waals surface area contributed by atoms with Crippen molar-refractivity contribution in [2.24, 2.45) is 0 Å². The molecule has 2 heterocycles. The first-order valence-corrected chi connectivity index (χ1v) is 10.4. The predicted octanol–water partition coefficient (Wildman–Crippen LogP) is 4.04. The highest BCUT2D eigenvalue weighted by Gasteiger charge is 2.08. The molecule has 1 N–H and O–H groups in total. The van der Waals surface area contributed by atoms with E-state index in [0.717, 1.165) is 4.90 Å². The van der Waals surface area contributed by atoms with Crippen LogP contribution in [0.15, 0.2) is 74.9 Å². The normalized spacial score (nSPS) is 10.9. The summed E-state index contributed by atoms with van der Waals surface area (Å²) in [6.45, 7) is 1.58. The Morgan fingerprint density at radius 3 is 2.65 bits per heavy atom. The smallest absolute Gasteiger partial charge is 0.287 e. The summed E-state index contributed by atoms with van der Waals surface area (Å²) in [4.78, 5) is 29.5. The SMILES string of the molecule is Cc1cc2nc(CSc3ccc(NC(=O)COc4ccc(F)cc4)cc3)cc(=O)n2o1. The molecule has 2 aromatic heterocycles. The van der Waals surface area contributed by atoms with Gasteiger partial charge in [-0.15, -0.1) is 16.3 Å². The van der Waals surface area contributed by atoms with Crippen LogP contribution < -0.4 is 15.6 Å². The van der Waals surface area contributed by atoms with Crippen LogP contribution in [0.2, 0.25) is 0 Å². The first-order valence-electron chi connectivity index (χ1n) is 9.37. The Morgan fingerprint density at radius 2 is 1.90 bits per heavy atom. The van der Waals surface area contributed by atoms with Crippen molar-refractivity contribution in [3.63, 3.8) is 0 Å². The molecule has 158 valence electrons. The molecule has 0 aliphatic heterocycles. The van der Waals surface area contributed by atoms with Gasteiger partial charge in [0.15, 0.2) is 12.3 Å². The molecule has 0 aliphatic carbocycles. The number of amides is 1. The maximum absolute atomic E-state index is 12.9. The number of benzene rings is 2. The fraction of sp³-hybridized carbons (Fsp3) is 0.136. The van der Waals surface area contributed by atoms with Crippen molar-refractivity contribution in [3.05, 3.63) is 88.3 Å². The highest BCUT2D eigenvalue weighted by molar-refractivity contribution is 7.98. The van der Waals surface area contributed by atoms with Gasteiger partial charge in [-0.2, -0.15) is 0 Å².